The molecule has 1 heterocycles. The first kappa shape index (κ1) is 16.0. The van der Waals surface area contributed by atoms with Gasteiger partial charge in [0.1, 0.15) is 5.75 Å². The van der Waals surface area contributed by atoms with Gasteiger partial charge in [-0.1, -0.05) is 0 Å². The molecular weight excluding hydrogens is 325 g/mol. The first-order valence-electron chi connectivity index (χ1n) is 5.72. The molecule has 0 atom stereocenters. The molecule has 2 aromatic rings. The van der Waals surface area contributed by atoms with Crippen LogP contribution in [0.2, 0.25) is 0 Å². The zero-order valence-corrected chi connectivity index (χ0v) is 11.9. The van der Waals surface area contributed by atoms with Crippen LogP contribution in [0.25, 0.3) is 11.3 Å². The third-order valence-corrected chi connectivity index (χ3v) is 3.46. The molecule has 22 heavy (non-hydrogen) atoms. The quantitative estimate of drug-likeness (QED) is 0.631. The van der Waals surface area contributed by atoms with Crippen molar-refractivity contribution in [1.82, 2.24) is 10.2 Å². The van der Waals surface area contributed by atoms with Crippen molar-refractivity contribution in [2.24, 2.45) is 0 Å². The summed E-state index contributed by atoms with van der Waals surface area (Å²) in [5, 5.41) is 6.94. The number of rotatable bonds is 4. The van der Waals surface area contributed by atoms with Gasteiger partial charge in [-0.3, -0.25) is 0 Å². The topological polar surface area (TPSA) is 78.4 Å². The maximum absolute atomic E-state index is 12.2. The predicted octanol–water partition coefficient (Wildman–Crippen LogP) is 2.38. The molecule has 10 heteroatoms. The van der Waals surface area contributed by atoms with Gasteiger partial charge in [-0.2, -0.15) is 21.6 Å². The number of hydrogen-bond acceptors (Lipinski definition) is 6. The van der Waals surface area contributed by atoms with Crippen LogP contribution in [0.1, 0.15) is 0 Å². The van der Waals surface area contributed by atoms with Crippen molar-refractivity contribution >= 4 is 10.1 Å². The Morgan fingerprint density at radius 2 is 1.64 bits per heavy atom. The van der Waals surface area contributed by atoms with Gasteiger partial charge >= 0.3 is 15.6 Å². The molecule has 2 rings (SSSR count). The standard InChI is InChI=1S/C12H9F3N2O4S/c1-20-9-4-2-8(3-5-9)10-6-7-11(17-16-10)21-22(18,19)12(13,14)15/h2-7H,1H3. The van der Waals surface area contributed by atoms with E-state index in [1.165, 1.54) is 13.2 Å². The van der Waals surface area contributed by atoms with E-state index in [2.05, 4.69) is 14.4 Å². The molecule has 0 bridgehead atoms. The molecule has 0 spiro atoms. The lowest BCUT2D eigenvalue weighted by Gasteiger charge is -2.08. The van der Waals surface area contributed by atoms with Crippen molar-refractivity contribution in [2.45, 2.75) is 5.51 Å². The largest absolute Gasteiger partial charge is 0.534 e. The van der Waals surface area contributed by atoms with E-state index < -0.39 is 21.5 Å². The lowest BCUT2D eigenvalue weighted by molar-refractivity contribution is -0.0501. The highest BCUT2D eigenvalue weighted by Gasteiger charge is 2.48. The van der Waals surface area contributed by atoms with Crippen molar-refractivity contribution in [3.63, 3.8) is 0 Å². The van der Waals surface area contributed by atoms with E-state index in [4.69, 9.17) is 4.74 Å². The number of halogens is 3. The smallest absolute Gasteiger partial charge is 0.497 e. The summed E-state index contributed by atoms with van der Waals surface area (Å²) in [5.41, 5.74) is -4.57. The van der Waals surface area contributed by atoms with Crippen molar-refractivity contribution < 1.29 is 30.5 Å². The van der Waals surface area contributed by atoms with Crippen molar-refractivity contribution in [3.8, 4) is 22.9 Å². The van der Waals surface area contributed by atoms with Crippen LogP contribution >= 0.6 is 0 Å². The molecule has 118 valence electrons. The van der Waals surface area contributed by atoms with Crippen molar-refractivity contribution in [1.29, 1.82) is 0 Å². The average molecular weight is 334 g/mol. The Bertz CT molecular complexity index is 743. The van der Waals surface area contributed by atoms with Crippen LogP contribution in [-0.4, -0.2) is 31.2 Å². The SMILES string of the molecule is COc1ccc(-c2ccc(OS(=O)(=O)C(F)(F)F)nn2)cc1. The summed E-state index contributed by atoms with van der Waals surface area (Å²) in [5.74, 6) is -0.150. The normalized spacial score (nSPS) is 12.0. The Morgan fingerprint density at radius 1 is 1.00 bits per heavy atom. The summed E-state index contributed by atoms with van der Waals surface area (Å²) in [7, 11) is -4.25. The number of nitrogens with zero attached hydrogens (tertiary/aromatic N) is 2. The monoisotopic (exact) mass is 334 g/mol. The first-order chi connectivity index (χ1) is 10.2. The Kier molecular flexibility index (Phi) is 4.22. The number of hydrogen-bond donors (Lipinski definition) is 0. The Morgan fingerprint density at radius 3 is 2.09 bits per heavy atom. The van der Waals surface area contributed by atoms with Crippen molar-refractivity contribution in [2.75, 3.05) is 7.11 Å². The van der Waals surface area contributed by atoms with Gasteiger partial charge in [0.25, 0.3) is 5.88 Å². The first-order valence-corrected chi connectivity index (χ1v) is 7.13. The van der Waals surface area contributed by atoms with E-state index in [0.29, 0.717) is 17.0 Å². The van der Waals surface area contributed by atoms with Gasteiger partial charge < -0.3 is 8.92 Å². The average Bonchev–Trinajstić information content (AvgIpc) is 2.47. The fourth-order valence-electron chi connectivity index (χ4n) is 1.44. The molecule has 0 unspecified atom stereocenters. The number of aromatic nitrogens is 2. The third-order valence-electron chi connectivity index (χ3n) is 2.50. The Hall–Kier alpha value is -2.36. The van der Waals surface area contributed by atoms with Crippen LogP contribution in [0.4, 0.5) is 13.2 Å². The molecule has 0 aliphatic carbocycles. The van der Waals surface area contributed by atoms with Crippen molar-refractivity contribution in [3.05, 3.63) is 36.4 Å². The van der Waals surface area contributed by atoms with Gasteiger partial charge in [0.15, 0.2) is 0 Å². The van der Waals surface area contributed by atoms with Gasteiger partial charge in [-0.25, -0.2) is 0 Å². The molecule has 0 aliphatic rings. The van der Waals surface area contributed by atoms with E-state index in [9.17, 15) is 21.6 Å². The predicted molar refractivity (Wildman–Crippen MR) is 69.6 cm³/mol. The molecule has 0 aliphatic heterocycles. The van der Waals surface area contributed by atoms with E-state index in [1.54, 1.807) is 24.3 Å². The molecule has 0 radical (unpaired) electrons. The number of alkyl halides is 3. The summed E-state index contributed by atoms with van der Waals surface area (Å²) in [6, 6.07) is 8.92. The minimum absolute atomic E-state index is 0.333. The molecule has 6 nitrogen and oxygen atoms in total. The molecule has 0 amide bonds. The second kappa shape index (κ2) is 5.79. The summed E-state index contributed by atoms with van der Waals surface area (Å²) in [6.07, 6.45) is 0. The maximum atomic E-state index is 12.2. The lowest BCUT2D eigenvalue weighted by Crippen LogP contribution is -2.28. The van der Waals surface area contributed by atoms with E-state index in [1.807, 2.05) is 0 Å². The lowest BCUT2D eigenvalue weighted by atomic mass is 10.1. The van der Waals surface area contributed by atoms with Crippen LogP contribution in [0.15, 0.2) is 36.4 Å². The molecule has 1 aromatic carbocycles. The highest BCUT2D eigenvalue weighted by molar-refractivity contribution is 7.87. The zero-order valence-electron chi connectivity index (χ0n) is 11.0. The molecule has 0 fully saturated rings. The summed E-state index contributed by atoms with van der Waals surface area (Å²) in [4.78, 5) is 0. The van der Waals surface area contributed by atoms with Crippen LogP contribution in [0.5, 0.6) is 11.6 Å². The fraction of sp³-hybridized carbons (Fsp3) is 0.167. The van der Waals surface area contributed by atoms with Gasteiger partial charge in [0, 0.05) is 11.6 Å². The summed E-state index contributed by atoms with van der Waals surface area (Å²) >= 11 is 0. The Labute approximate surface area is 123 Å². The van der Waals surface area contributed by atoms with Gasteiger partial charge in [-0.05, 0) is 30.3 Å². The minimum atomic E-state index is -5.76. The second-order valence-electron chi connectivity index (χ2n) is 3.97. The van der Waals surface area contributed by atoms with Gasteiger partial charge in [0.05, 0.1) is 12.8 Å². The molecule has 0 saturated carbocycles. The minimum Gasteiger partial charge on any atom is -0.497 e. The van der Waals surface area contributed by atoms with E-state index >= 15 is 0 Å². The van der Waals surface area contributed by atoms with Crippen LogP contribution in [-0.2, 0) is 10.1 Å². The van der Waals surface area contributed by atoms with Crippen LogP contribution in [0.3, 0.4) is 0 Å². The highest BCUT2D eigenvalue weighted by Crippen LogP contribution is 2.26. The number of ether oxygens (including phenoxy) is 1. The Balaban J connectivity index is 2.20. The number of methoxy groups -OCH3 is 1. The molecule has 0 saturated heterocycles. The summed E-state index contributed by atoms with van der Waals surface area (Å²) < 4.78 is 67.0. The highest BCUT2D eigenvalue weighted by atomic mass is 32.2. The molecule has 1 aromatic heterocycles. The van der Waals surface area contributed by atoms with Crippen LogP contribution in [0, 0.1) is 0 Å². The van der Waals surface area contributed by atoms with E-state index in [0.717, 1.165) is 6.07 Å². The zero-order chi connectivity index (χ0) is 16.4. The van der Waals surface area contributed by atoms with Crippen LogP contribution < -0.4 is 8.92 Å². The molecular formula is C12H9F3N2O4S. The van der Waals surface area contributed by atoms with E-state index in [-0.39, 0.29) is 0 Å². The maximum Gasteiger partial charge on any atom is 0.534 e. The third kappa shape index (κ3) is 3.45. The second-order valence-corrected chi connectivity index (χ2v) is 5.51. The number of benzene rings is 1. The molecule has 0 N–H and O–H groups in total. The van der Waals surface area contributed by atoms with Gasteiger partial charge in [0.2, 0.25) is 0 Å². The fourth-order valence-corrected chi connectivity index (χ4v) is 1.85. The summed E-state index contributed by atoms with van der Waals surface area (Å²) in [6.45, 7) is 0. The van der Waals surface area contributed by atoms with Gasteiger partial charge in [-0.15, -0.1) is 10.2 Å².